The average Bonchev–Trinajstić information content (AvgIpc) is 3.37. The first-order valence-electron chi connectivity index (χ1n) is 9.70. The molecule has 0 aliphatic carbocycles. The Morgan fingerprint density at radius 3 is 2.33 bits per heavy atom. The third-order valence-corrected chi connectivity index (χ3v) is 4.47. The van der Waals surface area contributed by atoms with Crippen molar-refractivity contribution in [2.24, 2.45) is 0 Å². The van der Waals surface area contributed by atoms with Crippen molar-refractivity contribution in [3.8, 4) is 11.5 Å². The van der Waals surface area contributed by atoms with Crippen molar-refractivity contribution in [2.45, 2.75) is 6.54 Å². The molecule has 1 aromatic heterocycles. The minimum atomic E-state index is -0.873. The van der Waals surface area contributed by atoms with E-state index in [2.05, 4.69) is 10.6 Å². The number of benzene rings is 2. The first-order valence-corrected chi connectivity index (χ1v) is 9.70. The van der Waals surface area contributed by atoms with E-state index in [1.54, 1.807) is 6.07 Å². The SMILES string of the molecule is COc1cc(NC(=O)c2ccco2)c(C(=O)OCC(=O)NCc2ccc(F)cc2)cc1OC. The van der Waals surface area contributed by atoms with E-state index in [1.165, 1.54) is 62.9 Å². The van der Waals surface area contributed by atoms with Gasteiger partial charge in [-0.05, 0) is 29.8 Å². The third kappa shape index (κ3) is 6.10. The molecule has 33 heavy (non-hydrogen) atoms. The van der Waals surface area contributed by atoms with Crippen molar-refractivity contribution in [3.63, 3.8) is 0 Å². The van der Waals surface area contributed by atoms with E-state index >= 15 is 0 Å². The maximum Gasteiger partial charge on any atom is 0.340 e. The fraction of sp³-hybridized carbons (Fsp3) is 0.174. The van der Waals surface area contributed by atoms with Gasteiger partial charge in [-0.15, -0.1) is 0 Å². The van der Waals surface area contributed by atoms with Gasteiger partial charge in [0.05, 0.1) is 31.7 Å². The highest BCUT2D eigenvalue weighted by atomic mass is 19.1. The summed E-state index contributed by atoms with van der Waals surface area (Å²) in [6.45, 7) is -0.433. The number of furan rings is 1. The second kappa shape index (κ2) is 10.8. The van der Waals surface area contributed by atoms with E-state index in [0.29, 0.717) is 5.56 Å². The molecule has 0 fully saturated rings. The summed E-state index contributed by atoms with van der Waals surface area (Å²) in [5.74, 6) is -1.90. The Bertz CT molecular complexity index is 1130. The fourth-order valence-electron chi connectivity index (χ4n) is 2.81. The molecule has 0 atom stereocenters. The number of amides is 2. The van der Waals surface area contributed by atoms with Crippen molar-refractivity contribution in [3.05, 3.63) is 77.5 Å². The van der Waals surface area contributed by atoms with Crippen LogP contribution in [0, 0.1) is 5.82 Å². The van der Waals surface area contributed by atoms with Crippen LogP contribution in [0.5, 0.6) is 11.5 Å². The number of hydrogen-bond acceptors (Lipinski definition) is 7. The van der Waals surface area contributed by atoms with Crippen LogP contribution in [0.1, 0.15) is 26.5 Å². The lowest BCUT2D eigenvalue weighted by Crippen LogP contribution is -2.28. The average molecular weight is 456 g/mol. The molecule has 0 saturated heterocycles. The normalized spacial score (nSPS) is 10.3. The Hall–Kier alpha value is -4.34. The van der Waals surface area contributed by atoms with Gasteiger partial charge >= 0.3 is 5.97 Å². The molecule has 10 heteroatoms. The molecular formula is C23H21FN2O7. The second-order valence-electron chi connectivity index (χ2n) is 6.66. The highest BCUT2D eigenvalue weighted by molar-refractivity contribution is 6.07. The van der Waals surface area contributed by atoms with Crippen molar-refractivity contribution in [1.29, 1.82) is 0 Å². The molecular weight excluding hydrogens is 435 g/mol. The number of esters is 1. The van der Waals surface area contributed by atoms with Gasteiger partial charge in [0.25, 0.3) is 11.8 Å². The minimum absolute atomic E-state index is 0.0317. The van der Waals surface area contributed by atoms with Gasteiger partial charge in [0.15, 0.2) is 23.9 Å². The third-order valence-electron chi connectivity index (χ3n) is 4.47. The van der Waals surface area contributed by atoms with Gasteiger partial charge in [-0.25, -0.2) is 9.18 Å². The van der Waals surface area contributed by atoms with Crippen molar-refractivity contribution in [1.82, 2.24) is 5.32 Å². The van der Waals surface area contributed by atoms with Gasteiger partial charge in [-0.1, -0.05) is 12.1 Å². The molecule has 1 heterocycles. The van der Waals surface area contributed by atoms with E-state index in [4.69, 9.17) is 18.6 Å². The first-order chi connectivity index (χ1) is 15.9. The highest BCUT2D eigenvalue weighted by Gasteiger charge is 2.21. The largest absolute Gasteiger partial charge is 0.493 e. The zero-order valence-electron chi connectivity index (χ0n) is 17.8. The molecule has 2 aromatic carbocycles. The van der Waals surface area contributed by atoms with E-state index in [-0.39, 0.29) is 40.9 Å². The Morgan fingerprint density at radius 2 is 1.70 bits per heavy atom. The Kier molecular flexibility index (Phi) is 7.64. The molecule has 172 valence electrons. The number of hydrogen-bond donors (Lipinski definition) is 2. The molecule has 3 aromatic rings. The number of methoxy groups -OCH3 is 2. The lowest BCUT2D eigenvalue weighted by Gasteiger charge is -2.15. The zero-order valence-corrected chi connectivity index (χ0v) is 17.8. The maximum absolute atomic E-state index is 13.0. The monoisotopic (exact) mass is 456 g/mol. The van der Waals surface area contributed by atoms with Crippen LogP contribution in [0.3, 0.4) is 0 Å². The fourth-order valence-corrected chi connectivity index (χ4v) is 2.81. The summed E-state index contributed by atoms with van der Waals surface area (Å²) in [4.78, 5) is 37.2. The van der Waals surface area contributed by atoms with Crippen LogP contribution >= 0.6 is 0 Å². The summed E-state index contributed by atoms with van der Waals surface area (Å²) in [5, 5.41) is 5.12. The quantitative estimate of drug-likeness (QED) is 0.475. The number of halogens is 1. The summed E-state index contributed by atoms with van der Waals surface area (Å²) >= 11 is 0. The van der Waals surface area contributed by atoms with Gasteiger partial charge in [0.2, 0.25) is 0 Å². The first kappa shape index (κ1) is 23.3. The second-order valence-corrected chi connectivity index (χ2v) is 6.66. The molecule has 0 aliphatic heterocycles. The number of carbonyl (C=O) groups excluding carboxylic acids is 3. The summed E-state index contributed by atoms with van der Waals surface area (Å²) < 4.78 is 33.6. The lowest BCUT2D eigenvalue weighted by molar-refractivity contribution is -0.124. The molecule has 9 nitrogen and oxygen atoms in total. The van der Waals surface area contributed by atoms with Crippen molar-refractivity contribution >= 4 is 23.5 Å². The summed E-state index contributed by atoms with van der Waals surface area (Å²) in [5.41, 5.74) is 0.698. The van der Waals surface area contributed by atoms with Crippen LogP contribution in [0.15, 0.2) is 59.2 Å². The smallest absolute Gasteiger partial charge is 0.340 e. The van der Waals surface area contributed by atoms with Gasteiger partial charge in [-0.2, -0.15) is 0 Å². The van der Waals surface area contributed by atoms with E-state index in [9.17, 15) is 18.8 Å². The van der Waals surface area contributed by atoms with E-state index in [1.807, 2.05) is 0 Å². The van der Waals surface area contributed by atoms with Gasteiger partial charge < -0.3 is 29.3 Å². The molecule has 0 aliphatic rings. The molecule has 0 saturated carbocycles. The van der Waals surface area contributed by atoms with E-state index < -0.39 is 24.4 Å². The number of anilines is 1. The molecule has 2 amide bonds. The zero-order chi connectivity index (χ0) is 23.8. The standard InChI is InChI=1S/C23H21FN2O7/c1-30-19-10-16(17(11-20(19)31-2)26-22(28)18-4-3-9-32-18)23(29)33-13-21(27)25-12-14-5-7-15(24)8-6-14/h3-11H,12-13H2,1-2H3,(H,25,27)(H,26,28). The number of nitrogens with one attached hydrogen (secondary N) is 2. The van der Waals surface area contributed by atoms with Crippen LogP contribution < -0.4 is 20.1 Å². The molecule has 0 spiro atoms. The van der Waals surface area contributed by atoms with Crippen LogP contribution in [0.4, 0.5) is 10.1 Å². The lowest BCUT2D eigenvalue weighted by atomic mass is 10.1. The topological polar surface area (TPSA) is 116 Å². The Labute approximate surface area is 188 Å². The van der Waals surface area contributed by atoms with Crippen molar-refractivity contribution in [2.75, 3.05) is 26.1 Å². The number of ether oxygens (including phenoxy) is 3. The summed E-state index contributed by atoms with van der Waals surface area (Å²) in [7, 11) is 2.79. The van der Waals surface area contributed by atoms with Crippen LogP contribution in [0.25, 0.3) is 0 Å². The van der Waals surface area contributed by atoms with Gasteiger partial charge in [-0.3, -0.25) is 9.59 Å². The Balaban J connectivity index is 1.69. The van der Waals surface area contributed by atoms with Crippen molar-refractivity contribution < 1.29 is 37.4 Å². The maximum atomic E-state index is 13.0. The number of carbonyl (C=O) groups is 3. The molecule has 0 radical (unpaired) electrons. The molecule has 0 unspecified atom stereocenters. The molecule has 3 rings (SSSR count). The number of rotatable bonds is 9. The molecule has 2 N–H and O–H groups in total. The van der Waals surface area contributed by atoms with Crippen LogP contribution in [0.2, 0.25) is 0 Å². The molecule has 0 bridgehead atoms. The van der Waals surface area contributed by atoms with Gasteiger partial charge in [0, 0.05) is 18.7 Å². The Morgan fingerprint density at radius 1 is 1.00 bits per heavy atom. The van der Waals surface area contributed by atoms with Crippen LogP contribution in [-0.4, -0.2) is 38.6 Å². The van der Waals surface area contributed by atoms with Crippen LogP contribution in [-0.2, 0) is 16.1 Å². The predicted octanol–water partition coefficient (Wildman–Crippen LogP) is 3.16. The summed E-state index contributed by atoms with van der Waals surface area (Å²) in [6.07, 6.45) is 1.34. The summed E-state index contributed by atoms with van der Waals surface area (Å²) in [6, 6.07) is 11.3. The minimum Gasteiger partial charge on any atom is -0.493 e. The van der Waals surface area contributed by atoms with E-state index in [0.717, 1.165) is 0 Å². The predicted molar refractivity (Wildman–Crippen MR) is 115 cm³/mol. The highest BCUT2D eigenvalue weighted by Crippen LogP contribution is 2.34. The van der Waals surface area contributed by atoms with Gasteiger partial charge in [0.1, 0.15) is 5.82 Å².